The van der Waals surface area contributed by atoms with E-state index in [1.165, 1.54) is 18.6 Å². The Balaban J connectivity index is 2.05. The van der Waals surface area contributed by atoms with Gasteiger partial charge in [0.1, 0.15) is 0 Å². The van der Waals surface area contributed by atoms with E-state index in [1.807, 2.05) is 18.7 Å². The van der Waals surface area contributed by atoms with Crippen LogP contribution in [0.2, 0.25) is 0 Å². The van der Waals surface area contributed by atoms with Crippen LogP contribution in [0.15, 0.2) is 4.52 Å². The van der Waals surface area contributed by atoms with Gasteiger partial charge in [0.15, 0.2) is 5.82 Å². The Kier molecular flexibility index (Phi) is 2.88. The minimum Gasteiger partial charge on any atom is -0.339 e. The van der Waals surface area contributed by atoms with Crippen molar-refractivity contribution in [3.05, 3.63) is 11.7 Å². The zero-order valence-electron chi connectivity index (χ0n) is 7.82. The highest BCUT2D eigenvalue weighted by molar-refractivity contribution is 7.99. The molecule has 1 aromatic heterocycles. The molecule has 1 atom stereocenters. The van der Waals surface area contributed by atoms with E-state index in [2.05, 4.69) is 10.1 Å². The average Bonchev–Trinajstić information content (AvgIpc) is 2.67. The third kappa shape index (κ3) is 2.05. The number of hydrogen-bond acceptors (Lipinski definition) is 4. The van der Waals surface area contributed by atoms with E-state index in [-0.39, 0.29) is 0 Å². The van der Waals surface area contributed by atoms with Crippen molar-refractivity contribution in [1.29, 1.82) is 0 Å². The molecule has 2 heterocycles. The first-order valence-corrected chi connectivity index (χ1v) is 5.96. The van der Waals surface area contributed by atoms with Gasteiger partial charge in [-0.1, -0.05) is 12.1 Å². The Hall–Kier alpha value is -0.510. The van der Waals surface area contributed by atoms with Crippen molar-refractivity contribution in [2.45, 2.75) is 32.1 Å². The van der Waals surface area contributed by atoms with Crippen LogP contribution in [0.3, 0.4) is 0 Å². The zero-order valence-corrected chi connectivity index (χ0v) is 8.64. The third-order valence-corrected chi connectivity index (χ3v) is 3.52. The molecule has 1 fully saturated rings. The molecule has 3 nitrogen and oxygen atoms in total. The Labute approximate surface area is 82.3 Å². The van der Waals surface area contributed by atoms with Crippen LogP contribution >= 0.6 is 11.8 Å². The summed E-state index contributed by atoms with van der Waals surface area (Å²) in [5.41, 5.74) is 0. The molecule has 0 aromatic carbocycles. The van der Waals surface area contributed by atoms with Gasteiger partial charge in [-0.05, 0) is 18.6 Å². The highest BCUT2D eigenvalue weighted by Gasteiger charge is 2.21. The lowest BCUT2D eigenvalue weighted by Crippen LogP contribution is -2.08. The predicted molar refractivity (Wildman–Crippen MR) is 53.0 cm³/mol. The smallest absolute Gasteiger partial charge is 0.230 e. The highest BCUT2D eigenvalue weighted by Crippen LogP contribution is 2.29. The first-order chi connectivity index (χ1) is 6.40. The van der Waals surface area contributed by atoms with Crippen LogP contribution in [0.5, 0.6) is 0 Å². The number of nitrogens with zero attached hydrogens (tertiary/aromatic N) is 2. The molecule has 0 spiro atoms. The molecule has 0 radical (unpaired) electrons. The van der Waals surface area contributed by atoms with Gasteiger partial charge in [0.2, 0.25) is 5.89 Å². The fraction of sp³-hybridized carbons (Fsp3) is 0.778. The summed E-state index contributed by atoms with van der Waals surface area (Å²) in [5, 5.41) is 3.91. The molecule has 72 valence electrons. The lowest BCUT2D eigenvalue weighted by atomic mass is 10.1. The average molecular weight is 198 g/mol. The van der Waals surface area contributed by atoms with Gasteiger partial charge in [-0.15, -0.1) is 0 Å². The molecular formula is C9H14N2OS. The summed E-state index contributed by atoms with van der Waals surface area (Å²) in [6.07, 6.45) is 3.35. The van der Waals surface area contributed by atoms with Crippen LogP contribution < -0.4 is 0 Å². The van der Waals surface area contributed by atoms with Gasteiger partial charge in [0.05, 0.1) is 0 Å². The Morgan fingerprint density at radius 2 is 2.54 bits per heavy atom. The normalized spacial score (nSPS) is 23.3. The minimum atomic E-state index is 0.506. The molecule has 1 saturated heterocycles. The summed E-state index contributed by atoms with van der Waals surface area (Å²) in [6, 6.07) is 0. The second-order valence-corrected chi connectivity index (χ2v) is 4.47. The maximum atomic E-state index is 5.22. The van der Waals surface area contributed by atoms with Gasteiger partial charge < -0.3 is 4.52 Å². The fourth-order valence-corrected chi connectivity index (χ4v) is 2.64. The van der Waals surface area contributed by atoms with Gasteiger partial charge in [0, 0.05) is 18.1 Å². The van der Waals surface area contributed by atoms with E-state index in [0.717, 1.165) is 23.9 Å². The molecule has 4 heteroatoms. The van der Waals surface area contributed by atoms with E-state index in [4.69, 9.17) is 4.52 Å². The molecule has 0 saturated carbocycles. The van der Waals surface area contributed by atoms with Gasteiger partial charge in [-0.3, -0.25) is 0 Å². The van der Waals surface area contributed by atoms with Crippen molar-refractivity contribution in [2.75, 3.05) is 11.5 Å². The van der Waals surface area contributed by atoms with Crippen molar-refractivity contribution in [2.24, 2.45) is 0 Å². The molecule has 0 aliphatic carbocycles. The molecule has 0 amide bonds. The van der Waals surface area contributed by atoms with Crippen LogP contribution in [0.4, 0.5) is 0 Å². The maximum Gasteiger partial charge on any atom is 0.230 e. The molecule has 0 bridgehead atoms. The van der Waals surface area contributed by atoms with Crippen molar-refractivity contribution < 1.29 is 4.52 Å². The van der Waals surface area contributed by atoms with Crippen molar-refractivity contribution in [3.8, 4) is 0 Å². The van der Waals surface area contributed by atoms with Crippen LogP contribution in [0.25, 0.3) is 0 Å². The number of aryl methyl sites for hydroxylation is 1. The number of hydrogen-bond donors (Lipinski definition) is 0. The first-order valence-electron chi connectivity index (χ1n) is 4.80. The molecule has 1 aromatic rings. The summed E-state index contributed by atoms with van der Waals surface area (Å²) in [4.78, 5) is 4.36. The zero-order chi connectivity index (χ0) is 9.10. The summed E-state index contributed by atoms with van der Waals surface area (Å²) in [7, 11) is 0. The van der Waals surface area contributed by atoms with Crippen molar-refractivity contribution in [1.82, 2.24) is 10.1 Å². The van der Waals surface area contributed by atoms with Crippen LogP contribution in [0.1, 0.15) is 37.4 Å². The Bertz CT molecular complexity index is 268. The van der Waals surface area contributed by atoms with E-state index in [1.54, 1.807) is 0 Å². The molecular weight excluding hydrogens is 184 g/mol. The van der Waals surface area contributed by atoms with E-state index < -0.39 is 0 Å². The summed E-state index contributed by atoms with van der Waals surface area (Å²) < 4.78 is 5.22. The van der Waals surface area contributed by atoms with Gasteiger partial charge in [0.25, 0.3) is 0 Å². The van der Waals surface area contributed by atoms with Crippen molar-refractivity contribution in [3.63, 3.8) is 0 Å². The van der Waals surface area contributed by atoms with E-state index in [9.17, 15) is 0 Å². The topological polar surface area (TPSA) is 38.9 Å². The highest BCUT2D eigenvalue weighted by atomic mass is 32.2. The minimum absolute atomic E-state index is 0.506. The fourth-order valence-electron chi connectivity index (χ4n) is 1.51. The lowest BCUT2D eigenvalue weighted by molar-refractivity contribution is 0.349. The van der Waals surface area contributed by atoms with E-state index >= 15 is 0 Å². The summed E-state index contributed by atoms with van der Waals surface area (Å²) in [6.45, 7) is 2.05. The summed E-state index contributed by atoms with van der Waals surface area (Å²) >= 11 is 1.99. The molecule has 0 N–H and O–H groups in total. The van der Waals surface area contributed by atoms with Crippen LogP contribution in [-0.2, 0) is 6.42 Å². The van der Waals surface area contributed by atoms with E-state index in [0.29, 0.717) is 5.92 Å². The lowest BCUT2D eigenvalue weighted by Gasteiger charge is -2.16. The molecule has 2 rings (SSSR count). The molecule has 1 unspecified atom stereocenters. The number of rotatable bonds is 2. The van der Waals surface area contributed by atoms with Gasteiger partial charge in [-0.25, -0.2) is 0 Å². The standard InChI is InChI=1S/C9H14N2OS/c1-2-8-10-9(12-11-8)7-4-3-5-13-6-7/h7H,2-6H2,1H3. The first kappa shape index (κ1) is 9.06. The monoisotopic (exact) mass is 198 g/mol. The molecule has 13 heavy (non-hydrogen) atoms. The summed E-state index contributed by atoms with van der Waals surface area (Å²) in [5.74, 6) is 4.62. The SMILES string of the molecule is CCc1noc(C2CCCSC2)n1. The number of aromatic nitrogens is 2. The third-order valence-electron chi connectivity index (χ3n) is 2.31. The van der Waals surface area contributed by atoms with Gasteiger partial charge in [-0.2, -0.15) is 16.7 Å². The second kappa shape index (κ2) is 4.13. The van der Waals surface area contributed by atoms with Gasteiger partial charge >= 0.3 is 0 Å². The predicted octanol–water partition coefficient (Wildman–Crippen LogP) is 2.24. The van der Waals surface area contributed by atoms with Crippen molar-refractivity contribution >= 4 is 11.8 Å². The Morgan fingerprint density at radius 3 is 3.15 bits per heavy atom. The second-order valence-electron chi connectivity index (χ2n) is 3.32. The largest absolute Gasteiger partial charge is 0.339 e. The maximum absolute atomic E-state index is 5.22. The number of thioether (sulfide) groups is 1. The quantitative estimate of drug-likeness (QED) is 0.730. The molecule has 1 aliphatic rings. The van der Waals surface area contributed by atoms with Crippen LogP contribution in [-0.4, -0.2) is 21.6 Å². The Morgan fingerprint density at radius 1 is 1.62 bits per heavy atom. The van der Waals surface area contributed by atoms with Crippen LogP contribution in [0, 0.1) is 0 Å². The molecule has 1 aliphatic heterocycles.